The summed E-state index contributed by atoms with van der Waals surface area (Å²) in [7, 11) is 0. The van der Waals surface area contributed by atoms with Gasteiger partial charge in [0.15, 0.2) is 0 Å². The fraction of sp³-hybridized carbons (Fsp3) is 0.562. The summed E-state index contributed by atoms with van der Waals surface area (Å²) >= 11 is 0. The Hall–Kier alpha value is -1.35. The van der Waals surface area contributed by atoms with Gasteiger partial charge in [-0.3, -0.25) is 4.79 Å². The molecule has 2 rings (SSSR count). The number of ketones is 1. The molecule has 0 radical (unpaired) electrons. The predicted octanol–water partition coefficient (Wildman–Crippen LogP) is 2.64. The number of fused-ring (bicyclic) bond motifs is 1. The van der Waals surface area contributed by atoms with Crippen molar-refractivity contribution in [2.24, 2.45) is 5.73 Å². The molecule has 2 N–H and O–H groups in total. The van der Waals surface area contributed by atoms with Crippen molar-refractivity contribution in [2.45, 2.75) is 51.5 Å². The van der Waals surface area contributed by atoms with Crippen LogP contribution in [0.2, 0.25) is 0 Å². The van der Waals surface area contributed by atoms with Crippen LogP contribution in [0, 0.1) is 0 Å². The molecule has 1 unspecified atom stereocenters. The van der Waals surface area contributed by atoms with Gasteiger partial charge in [-0.1, -0.05) is 31.9 Å². The Balaban J connectivity index is 1.83. The minimum atomic E-state index is -0.280. The second-order valence-electron chi connectivity index (χ2n) is 5.26. The van der Waals surface area contributed by atoms with E-state index in [1.54, 1.807) is 0 Å². The predicted molar refractivity (Wildman–Crippen MR) is 76.5 cm³/mol. The van der Waals surface area contributed by atoms with Crippen molar-refractivity contribution in [1.82, 2.24) is 0 Å². The zero-order valence-corrected chi connectivity index (χ0v) is 11.7. The summed E-state index contributed by atoms with van der Waals surface area (Å²) in [6.45, 7) is 2.89. The molecule has 3 heteroatoms. The lowest BCUT2D eigenvalue weighted by Gasteiger charge is -2.10. The minimum Gasteiger partial charge on any atom is -0.493 e. The lowest BCUT2D eigenvalue weighted by Crippen LogP contribution is -2.30. The molecule has 0 fully saturated rings. The highest BCUT2D eigenvalue weighted by Crippen LogP contribution is 2.26. The fourth-order valence-electron chi connectivity index (χ4n) is 2.43. The van der Waals surface area contributed by atoms with Crippen molar-refractivity contribution in [3.05, 3.63) is 29.3 Å². The average molecular weight is 261 g/mol. The van der Waals surface area contributed by atoms with Gasteiger partial charge in [-0.05, 0) is 30.0 Å². The van der Waals surface area contributed by atoms with Gasteiger partial charge in [0.05, 0.1) is 12.6 Å². The van der Waals surface area contributed by atoms with Crippen molar-refractivity contribution >= 4 is 5.78 Å². The van der Waals surface area contributed by atoms with Crippen LogP contribution in [0.3, 0.4) is 0 Å². The average Bonchev–Trinajstić information content (AvgIpc) is 2.89. The Morgan fingerprint density at radius 2 is 2.32 bits per heavy atom. The Morgan fingerprint density at radius 3 is 3.11 bits per heavy atom. The van der Waals surface area contributed by atoms with E-state index in [4.69, 9.17) is 10.5 Å². The summed E-state index contributed by atoms with van der Waals surface area (Å²) in [6, 6.07) is 5.94. The van der Waals surface area contributed by atoms with Crippen LogP contribution in [0.25, 0.3) is 0 Å². The largest absolute Gasteiger partial charge is 0.493 e. The number of Topliss-reactive ketones (excluding diaryl/α,β-unsaturated/α-hetero) is 1. The summed E-state index contributed by atoms with van der Waals surface area (Å²) in [5.74, 6) is 1.18. The number of hydrogen-bond acceptors (Lipinski definition) is 3. The molecular formula is C16H23NO2. The van der Waals surface area contributed by atoms with Crippen LogP contribution in [-0.4, -0.2) is 18.4 Å². The number of benzene rings is 1. The summed E-state index contributed by atoms with van der Waals surface area (Å²) < 4.78 is 5.47. The number of ether oxygens (including phenoxy) is 1. The molecule has 0 bridgehead atoms. The number of hydrogen-bond donors (Lipinski definition) is 1. The first-order valence-corrected chi connectivity index (χ1v) is 7.23. The van der Waals surface area contributed by atoms with Crippen molar-refractivity contribution in [2.75, 3.05) is 6.61 Å². The SMILES string of the molecule is CCCCC(N)C(=O)CCc1ccc2c(c1)CCO2. The lowest BCUT2D eigenvalue weighted by molar-refractivity contribution is -0.120. The normalized spacial score (nSPS) is 14.8. The summed E-state index contributed by atoms with van der Waals surface area (Å²) in [5, 5.41) is 0. The van der Waals surface area contributed by atoms with Gasteiger partial charge < -0.3 is 10.5 Å². The van der Waals surface area contributed by atoms with E-state index in [2.05, 4.69) is 19.1 Å². The number of carbonyl (C=O) groups excluding carboxylic acids is 1. The van der Waals surface area contributed by atoms with E-state index >= 15 is 0 Å². The molecule has 1 aliphatic heterocycles. The maximum absolute atomic E-state index is 11.9. The van der Waals surface area contributed by atoms with Crippen LogP contribution in [0.1, 0.15) is 43.7 Å². The van der Waals surface area contributed by atoms with Gasteiger partial charge in [-0.25, -0.2) is 0 Å². The molecule has 104 valence electrons. The van der Waals surface area contributed by atoms with Crippen molar-refractivity contribution in [3.63, 3.8) is 0 Å². The molecule has 0 aliphatic carbocycles. The molecule has 1 aliphatic rings. The standard InChI is InChI=1S/C16H23NO2/c1-2-3-4-14(17)15(18)7-5-12-6-8-16-13(11-12)9-10-19-16/h6,8,11,14H,2-5,7,9-10,17H2,1H3. The van der Waals surface area contributed by atoms with Crippen LogP contribution in [0.4, 0.5) is 0 Å². The van der Waals surface area contributed by atoms with Gasteiger partial charge in [0.25, 0.3) is 0 Å². The van der Waals surface area contributed by atoms with E-state index in [1.165, 1.54) is 11.1 Å². The molecule has 1 atom stereocenters. The maximum Gasteiger partial charge on any atom is 0.149 e. The monoisotopic (exact) mass is 261 g/mol. The first-order chi connectivity index (χ1) is 9.20. The lowest BCUT2D eigenvalue weighted by atomic mass is 9.99. The second-order valence-corrected chi connectivity index (χ2v) is 5.26. The Labute approximate surface area is 115 Å². The van der Waals surface area contributed by atoms with Crippen LogP contribution >= 0.6 is 0 Å². The van der Waals surface area contributed by atoms with E-state index < -0.39 is 0 Å². The minimum absolute atomic E-state index is 0.185. The van der Waals surface area contributed by atoms with Gasteiger partial charge in [-0.2, -0.15) is 0 Å². The number of nitrogens with two attached hydrogens (primary N) is 1. The molecule has 0 spiro atoms. The number of aryl methyl sites for hydroxylation is 1. The van der Waals surface area contributed by atoms with E-state index in [0.717, 1.165) is 44.5 Å². The van der Waals surface area contributed by atoms with Crippen LogP contribution in [-0.2, 0) is 17.6 Å². The van der Waals surface area contributed by atoms with Crippen molar-refractivity contribution in [3.8, 4) is 5.75 Å². The Morgan fingerprint density at radius 1 is 1.47 bits per heavy atom. The number of carbonyl (C=O) groups is 1. The van der Waals surface area contributed by atoms with Gasteiger partial charge in [0, 0.05) is 12.8 Å². The second kappa shape index (κ2) is 6.71. The third-order valence-corrected chi connectivity index (χ3v) is 3.70. The van der Waals surface area contributed by atoms with Gasteiger partial charge in [0.1, 0.15) is 11.5 Å². The summed E-state index contributed by atoms with van der Waals surface area (Å²) in [5.41, 5.74) is 8.36. The molecule has 1 aromatic carbocycles. The zero-order valence-electron chi connectivity index (χ0n) is 11.7. The van der Waals surface area contributed by atoms with Crippen LogP contribution in [0.5, 0.6) is 5.75 Å². The van der Waals surface area contributed by atoms with Gasteiger partial charge in [-0.15, -0.1) is 0 Å². The molecular weight excluding hydrogens is 238 g/mol. The maximum atomic E-state index is 11.9. The van der Waals surface area contributed by atoms with E-state index in [9.17, 15) is 4.79 Å². The topological polar surface area (TPSA) is 52.3 Å². The highest BCUT2D eigenvalue weighted by molar-refractivity contribution is 5.83. The molecule has 1 heterocycles. The zero-order chi connectivity index (χ0) is 13.7. The first kappa shape index (κ1) is 14.1. The number of unbranched alkanes of at least 4 members (excludes halogenated alkanes) is 1. The Kier molecular flexibility index (Phi) is 4.97. The van der Waals surface area contributed by atoms with Crippen LogP contribution in [0.15, 0.2) is 18.2 Å². The van der Waals surface area contributed by atoms with Gasteiger partial charge in [0.2, 0.25) is 0 Å². The quantitative estimate of drug-likeness (QED) is 0.821. The number of rotatable bonds is 7. The van der Waals surface area contributed by atoms with Gasteiger partial charge >= 0.3 is 0 Å². The smallest absolute Gasteiger partial charge is 0.149 e. The molecule has 0 saturated carbocycles. The third-order valence-electron chi connectivity index (χ3n) is 3.70. The highest BCUT2D eigenvalue weighted by Gasteiger charge is 2.15. The van der Waals surface area contributed by atoms with E-state index in [0.29, 0.717) is 6.42 Å². The van der Waals surface area contributed by atoms with E-state index in [-0.39, 0.29) is 11.8 Å². The third kappa shape index (κ3) is 3.80. The van der Waals surface area contributed by atoms with Crippen LogP contribution < -0.4 is 10.5 Å². The summed E-state index contributed by atoms with van der Waals surface area (Å²) in [4.78, 5) is 11.9. The molecule has 19 heavy (non-hydrogen) atoms. The summed E-state index contributed by atoms with van der Waals surface area (Å²) in [6.07, 6.45) is 5.24. The molecule has 1 aromatic rings. The van der Waals surface area contributed by atoms with Crippen molar-refractivity contribution < 1.29 is 9.53 Å². The molecule has 0 aromatic heterocycles. The molecule has 0 saturated heterocycles. The Bertz CT molecular complexity index is 442. The van der Waals surface area contributed by atoms with Crippen molar-refractivity contribution in [1.29, 1.82) is 0 Å². The van der Waals surface area contributed by atoms with E-state index in [1.807, 2.05) is 6.07 Å². The molecule has 0 amide bonds. The first-order valence-electron chi connectivity index (χ1n) is 7.23. The highest BCUT2D eigenvalue weighted by atomic mass is 16.5. The molecule has 3 nitrogen and oxygen atoms in total. The fourth-order valence-corrected chi connectivity index (χ4v) is 2.43.